The van der Waals surface area contributed by atoms with Crippen LogP contribution in [0.5, 0.6) is 0 Å². The standard InChI is InChI=1S/C22H19BrFN7O2/c1-11(18-7-26-2-3-27-18)31(8-19-15(24)4-12(23)6-28-19)22(32)17-5-16-20(29-17)13-9-33-10-14(13)21(25)30-16/h2-7,11,29H,8-10H2,1H3,(H2,25,30)/t11-/m1/s1. The molecule has 5 rings (SSSR count). The zero-order valence-electron chi connectivity index (χ0n) is 17.5. The number of halogens is 2. The second-order valence-corrected chi connectivity index (χ2v) is 8.63. The second kappa shape index (κ2) is 8.49. The number of hydrogen-bond donors (Lipinski definition) is 2. The Kier molecular flexibility index (Phi) is 5.51. The van der Waals surface area contributed by atoms with Gasteiger partial charge in [-0.1, -0.05) is 0 Å². The summed E-state index contributed by atoms with van der Waals surface area (Å²) in [5.41, 5.74) is 10.1. The zero-order valence-corrected chi connectivity index (χ0v) is 19.1. The quantitative estimate of drug-likeness (QED) is 0.418. The molecule has 1 aliphatic rings. The van der Waals surface area contributed by atoms with Gasteiger partial charge < -0.3 is 20.4 Å². The van der Waals surface area contributed by atoms with Crippen molar-refractivity contribution in [3.8, 4) is 0 Å². The van der Waals surface area contributed by atoms with Crippen molar-refractivity contribution in [2.24, 2.45) is 0 Å². The van der Waals surface area contributed by atoms with E-state index in [0.717, 1.165) is 11.1 Å². The van der Waals surface area contributed by atoms with Crippen molar-refractivity contribution < 1.29 is 13.9 Å². The highest BCUT2D eigenvalue weighted by Crippen LogP contribution is 2.32. The molecule has 3 N–H and O–H groups in total. The molecule has 1 aliphatic heterocycles. The Morgan fingerprint density at radius 1 is 1.27 bits per heavy atom. The molecule has 4 aromatic rings. The highest BCUT2D eigenvalue weighted by atomic mass is 79.9. The molecule has 0 unspecified atom stereocenters. The molecule has 168 valence electrons. The van der Waals surface area contributed by atoms with Crippen molar-refractivity contribution in [3.63, 3.8) is 0 Å². The van der Waals surface area contributed by atoms with Gasteiger partial charge in [0.1, 0.15) is 17.3 Å². The molecule has 11 heteroatoms. The van der Waals surface area contributed by atoms with Gasteiger partial charge in [0.15, 0.2) is 0 Å². The first-order valence-electron chi connectivity index (χ1n) is 10.2. The van der Waals surface area contributed by atoms with Crippen molar-refractivity contribution in [2.75, 3.05) is 5.73 Å². The number of amides is 1. The molecule has 0 fully saturated rings. The van der Waals surface area contributed by atoms with E-state index in [1.54, 1.807) is 24.7 Å². The summed E-state index contributed by atoms with van der Waals surface area (Å²) < 4.78 is 20.6. The lowest BCUT2D eigenvalue weighted by molar-refractivity contribution is 0.0660. The van der Waals surface area contributed by atoms with Crippen LogP contribution in [0.25, 0.3) is 11.0 Å². The van der Waals surface area contributed by atoms with Crippen LogP contribution in [0.4, 0.5) is 10.2 Å². The van der Waals surface area contributed by atoms with Crippen LogP contribution in [-0.2, 0) is 24.5 Å². The summed E-state index contributed by atoms with van der Waals surface area (Å²) in [4.78, 5) is 35.4. The van der Waals surface area contributed by atoms with Crippen molar-refractivity contribution in [1.82, 2.24) is 29.8 Å². The fourth-order valence-electron chi connectivity index (χ4n) is 3.90. The van der Waals surface area contributed by atoms with Crippen molar-refractivity contribution >= 4 is 38.7 Å². The molecule has 4 aromatic heterocycles. The van der Waals surface area contributed by atoms with E-state index in [-0.39, 0.29) is 18.1 Å². The molecule has 0 aliphatic carbocycles. The van der Waals surface area contributed by atoms with Gasteiger partial charge in [0, 0.05) is 34.2 Å². The summed E-state index contributed by atoms with van der Waals surface area (Å²) in [6.45, 7) is 2.52. The first kappa shape index (κ1) is 21.4. The number of nitrogens with two attached hydrogens (primary N) is 1. The summed E-state index contributed by atoms with van der Waals surface area (Å²) in [7, 11) is 0. The number of nitrogen functional groups attached to an aromatic ring is 1. The molecule has 33 heavy (non-hydrogen) atoms. The highest BCUT2D eigenvalue weighted by Gasteiger charge is 2.28. The Labute approximate surface area is 196 Å². The van der Waals surface area contributed by atoms with Gasteiger partial charge in [-0.05, 0) is 35.0 Å². The summed E-state index contributed by atoms with van der Waals surface area (Å²) in [5.74, 6) is -0.491. The minimum atomic E-state index is -0.519. The van der Waals surface area contributed by atoms with Crippen LogP contribution in [0.3, 0.4) is 0 Å². The number of carbonyl (C=O) groups is 1. The summed E-state index contributed by atoms with van der Waals surface area (Å²) in [5, 5.41) is 0. The number of pyridine rings is 2. The molecule has 1 atom stereocenters. The molecule has 0 spiro atoms. The minimum absolute atomic E-state index is 0.0676. The number of hydrogen-bond acceptors (Lipinski definition) is 7. The zero-order chi connectivity index (χ0) is 23.1. The molecular weight excluding hydrogens is 493 g/mol. The van der Waals surface area contributed by atoms with E-state index in [9.17, 15) is 9.18 Å². The van der Waals surface area contributed by atoms with E-state index in [1.165, 1.54) is 17.2 Å². The highest BCUT2D eigenvalue weighted by molar-refractivity contribution is 9.10. The third-order valence-corrected chi connectivity index (χ3v) is 6.11. The molecule has 1 amide bonds. The molecule has 0 bridgehead atoms. The minimum Gasteiger partial charge on any atom is -0.383 e. The van der Waals surface area contributed by atoms with Crippen LogP contribution < -0.4 is 5.73 Å². The first-order chi connectivity index (χ1) is 15.9. The van der Waals surface area contributed by atoms with Gasteiger partial charge in [-0.2, -0.15) is 0 Å². The summed E-state index contributed by atoms with van der Waals surface area (Å²) in [6, 6.07) is 2.46. The van der Waals surface area contributed by atoms with E-state index in [0.29, 0.717) is 45.9 Å². The molecule has 0 radical (unpaired) electrons. The third-order valence-electron chi connectivity index (χ3n) is 5.68. The van der Waals surface area contributed by atoms with Gasteiger partial charge >= 0.3 is 0 Å². The van der Waals surface area contributed by atoms with E-state index in [2.05, 4.69) is 40.8 Å². The van der Waals surface area contributed by atoms with Crippen LogP contribution in [0.2, 0.25) is 0 Å². The Balaban J connectivity index is 1.56. The SMILES string of the molecule is C[C@H](c1cnccn1)N(Cc1ncc(Br)cc1F)C(=O)c1cc2nc(N)c3c(c2[nH]1)COC3. The van der Waals surface area contributed by atoms with Gasteiger partial charge in [0.2, 0.25) is 0 Å². The average Bonchev–Trinajstić information content (AvgIpc) is 3.46. The molecular formula is C22H19BrFN7O2. The van der Waals surface area contributed by atoms with Crippen molar-refractivity contribution in [3.05, 3.63) is 75.4 Å². The summed E-state index contributed by atoms with van der Waals surface area (Å²) in [6.07, 6.45) is 6.17. The molecule has 5 heterocycles. The van der Waals surface area contributed by atoms with Gasteiger partial charge in [0.25, 0.3) is 5.91 Å². The topological polar surface area (TPSA) is 123 Å². The van der Waals surface area contributed by atoms with Crippen LogP contribution in [-0.4, -0.2) is 35.7 Å². The third kappa shape index (κ3) is 3.93. The number of aromatic nitrogens is 5. The largest absolute Gasteiger partial charge is 0.383 e. The summed E-state index contributed by atoms with van der Waals surface area (Å²) >= 11 is 3.21. The number of fused-ring (bicyclic) bond motifs is 3. The van der Waals surface area contributed by atoms with Crippen molar-refractivity contribution in [2.45, 2.75) is 32.7 Å². The predicted molar refractivity (Wildman–Crippen MR) is 121 cm³/mol. The number of nitrogens with zero attached hydrogens (tertiary/aromatic N) is 5. The number of nitrogens with one attached hydrogen (secondary N) is 1. The maximum Gasteiger partial charge on any atom is 0.271 e. The fourth-order valence-corrected chi connectivity index (χ4v) is 4.20. The first-order valence-corrected chi connectivity index (χ1v) is 11.0. The molecule has 0 saturated heterocycles. The normalized spacial score (nSPS) is 13.8. The van der Waals surface area contributed by atoms with E-state index in [4.69, 9.17) is 10.5 Å². The van der Waals surface area contributed by atoms with Gasteiger partial charge in [-0.25, -0.2) is 9.37 Å². The van der Waals surface area contributed by atoms with Gasteiger partial charge in [-0.15, -0.1) is 0 Å². The lowest BCUT2D eigenvalue weighted by Crippen LogP contribution is -2.34. The molecule has 9 nitrogen and oxygen atoms in total. The van der Waals surface area contributed by atoms with Crippen LogP contribution in [0, 0.1) is 5.82 Å². The lowest BCUT2D eigenvalue weighted by atomic mass is 10.1. The van der Waals surface area contributed by atoms with Crippen molar-refractivity contribution in [1.29, 1.82) is 0 Å². The monoisotopic (exact) mass is 511 g/mol. The fraction of sp³-hybridized carbons (Fsp3) is 0.227. The predicted octanol–water partition coefficient (Wildman–Crippen LogP) is 3.67. The van der Waals surface area contributed by atoms with E-state index in [1.807, 2.05) is 6.92 Å². The maximum atomic E-state index is 14.6. The maximum absolute atomic E-state index is 14.6. The number of ether oxygens (including phenoxy) is 1. The number of aromatic amines is 1. The second-order valence-electron chi connectivity index (χ2n) is 7.71. The van der Waals surface area contributed by atoms with E-state index >= 15 is 0 Å². The number of H-pyrrole nitrogens is 1. The Morgan fingerprint density at radius 2 is 2.09 bits per heavy atom. The van der Waals surface area contributed by atoms with Crippen LogP contribution in [0.1, 0.15) is 46.0 Å². The lowest BCUT2D eigenvalue weighted by Gasteiger charge is -2.28. The molecule has 0 saturated carbocycles. The molecule has 0 aromatic carbocycles. The number of carbonyl (C=O) groups excluding carboxylic acids is 1. The average molecular weight is 512 g/mol. The Hall–Kier alpha value is -3.44. The number of anilines is 1. The van der Waals surface area contributed by atoms with Gasteiger partial charge in [-0.3, -0.25) is 19.7 Å². The van der Waals surface area contributed by atoms with Crippen LogP contribution >= 0.6 is 15.9 Å². The number of rotatable bonds is 5. The van der Waals surface area contributed by atoms with E-state index < -0.39 is 11.9 Å². The Bertz CT molecular complexity index is 1360. The van der Waals surface area contributed by atoms with Gasteiger partial charge in [0.05, 0.1) is 54.4 Å². The van der Waals surface area contributed by atoms with Crippen LogP contribution in [0.15, 0.2) is 41.4 Å². The smallest absolute Gasteiger partial charge is 0.271 e. The Morgan fingerprint density at radius 3 is 2.85 bits per heavy atom.